The van der Waals surface area contributed by atoms with E-state index in [9.17, 15) is 0 Å². The van der Waals surface area contributed by atoms with Crippen LogP contribution in [-0.2, 0) is 12.8 Å². The summed E-state index contributed by atoms with van der Waals surface area (Å²) in [6.45, 7) is 0. The standard InChI is InChI=1S/C14H19N3/c1-17(2)10-5-3-6-12-11(9-10)14-13(16-12)7-4-8-15-14/h4,7-8,10,16H,3,5-6,9H2,1-2H3/t10-/m0/s1. The fraction of sp³-hybridized carbons (Fsp3) is 0.500. The van der Waals surface area contributed by atoms with E-state index in [2.05, 4.69) is 35.0 Å². The number of fused-ring (bicyclic) bond motifs is 3. The molecule has 0 amide bonds. The lowest BCUT2D eigenvalue weighted by atomic mass is 10.0. The third-order valence-corrected chi connectivity index (χ3v) is 3.88. The number of rotatable bonds is 1. The van der Waals surface area contributed by atoms with Crippen LogP contribution in [-0.4, -0.2) is 35.0 Å². The minimum Gasteiger partial charge on any atom is -0.357 e. The predicted molar refractivity (Wildman–Crippen MR) is 70.2 cm³/mol. The van der Waals surface area contributed by atoms with Crippen molar-refractivity contribution in [3.05, 3.63) is 29.6 Å². The van der Waals surface area contributed by atoms with Gasteiger partial charge in [-0.3, -0.25) is 4.98 Å². The molecule has 0 aromatic carbocycles. The largest absolute Gasteiger partial charge is 0.357 e. The number of H-pyrrole nitrogens is 1. The summed E-state index contributed by atoms with van der Waals surface area (Å²) in [4.78, 5) is 10.4. The second kappa shape index (κ2) is 4.15. The van der Waals surface area contributed by atoms with Crippen LogP contribution >= 0.6 is 0 Å². The minimum atomic E-state index is 0.650. The van der Waals surface area contributed by atoms with Crippen molar-refractivity contribution in [3.63, 3.8) is 0 Å². The average Bonchev–Trinajstić information content (AvgIpc) is 2.53. The third kappa shape index (κ3) is 1.84. The van der Waals surface area contributed by atoms with Crippen molar-refractivity contribution in [1.29, 1.82) is 0 Å². The number of nitrogens with one attached hydrogen (secondary N) is 1. The van der Waals surface area contributed by atoms with Gasteiger partial charge in [0.1, 0.15) is 0 Å². The lowest BCUT2D eigenvalue weighted by Gasteiger charge is -2.22. The maximum atomic E-state index is 4.54. The highest BCUT2D eigenvalue weighted by molar-refractivity contribution is 5.80. The fourth-order valence-electron chi connectivity index (χ4n) is 2.85. The Morgan fingerprint density at radius 3 is 3.12 bits per heavy atom. The maximum Gasteiger partial charge on any atom is 0.0914 e. The van der Waals surface area contributed by atoms with E-state index in [4.69, 9.17) is 0 Å². The summed E-state index contributed by atoms with van der Waals surface area (Å²) in [6.07, 6.45) is 6.73. The number of aromatic amines is 1. The van der Waals surface area contributed by atoms with Gasteiger partial charge in [-0.2, -0.15) is 0 Å². The smallest absolute Gasteiger partial charge is 0.0914 e. The molecule has 0 saturated heterocycles. The van der Waals surface area contributed by atoms with Crippen LogP contribution in [0.15, 0.2) is 18.3 Å². The molecular formula is C14H19N3. The highest BCUT2D eigenvalue weighted by Gasteiger charge is 2.22. The molecule has 0 fully saturated rings. The molecule has 2 aromatic rings. The van der Waals surface area contributed by atoms with Gasteiger partial charge in [0.15, 0.2) is 0 Å². The zero-order valence-electron chi connectivity index (χ0n) is 10.5. The lowest BCUT2D eigenvalue weighted by molar-refractivity contribution is 0.277. The van der Waals surface area contributed by atoms with Gasteiger partial charge in [0, 0.05) is 23.5 Å². The van der Waals surface area contributed by atoms with Crippen LogP contribution in [0, 0.1) is 0 Å². The summed E-state index contributed by atoms with van der Waals surface area (Å²) in [5.41, 5.74) is 5.22. The van der Waals surface area contributed by atoms with Gasteiger partial charge in [-0.1, -0.05) is 0 Å². The van der Waals surface area contributed by atoms with Crippen molar-refractivity contribution in [2.75, 3.05) is 14.1 Å². The van der Waals surface area contributed by atoms with Crippen LogP contribution in [0.5, 0.6) is 0 Å². The van der Waals surface area contributed by atoms with Gasteiger partial charge in [0.05, 0.1) is 11.0 Å². The first-order chi connectivity index (χ1) is 8.25. The number of hydrogen-bond acceptors (Lipinski definition) is 2. The number of likely N-dealkylation sites (N-methyl/N-ethyl adjacent to an activating group) is 1. The molecule has 1 aliphatic rings. The number of nitrogens with zero attached hydrogens (tertiary/aromatic N) is 2. The van der Waals surface area contributed by atoms with Crippen LogP contribution < -0.4 is 0 Å². The molecule has 0 saturated carbocycles. The van der Waals surface area contributed by atoms with E-state index >= 15 is 0 Å². The van der Waals surface area contributed by atoms with Crippen molar-refractivity contribution in [2.45, 2.75) is 31.7 Å². The van der Waals surface area contributed by atoms with E-state index in [1.807, 2.05) is 12.3 Å². The van der Waals surface area contributed by atoms with Gasteiger partial charge in [0.25, 0.3) is 0 Å². The number of aromatic nitrogens is 2. The molecule has 3 rings (SSSR count). The topological polar surface area (TPSA) is 31.9 Å². The average molecular weight is 229 g/mol. The summed E-state index contributed by atoms with van der Waals surface area (Å²) in [6, 6.07) is 4.78. The summed E-state index contributed by atoms with van der Waals surface area (Å²) in [5.74, 6) is 0. The van der Waals surface area contributed by atoms with Crippen LogP contribution in [0.25, 0.3) is 11.0 Å². The van der Waals surface area contributed by atoms with Crippen molar-refractivity contribution in [3.8, 4) is 0 Å². The molecule has 0 bridgehead atoms. The van der Waals surface area contributed by atoms with Gasteiger partial charge in [-0.25, -0.2) is 0 Å². The molecule has 1 atom stereocenters. The molecule has 3 nitrogen and oxygen atoms in total. The highest BCUT2D eigenvalue weighted by atomic mass is 15.1. The summed E-state index contributed by atoms with van der Waals surface area (Å²) in [7, 11) is 4.36. The monoisotopic (exact) mass is 229 g/mol. The summed E-state index contributed by atoms with van der Waals surface area (Å²) in [5, 5.41) is 0. The molecule has 90 valence electrons. The zero-order chi connectivity index (χ0) is 11.8. The quantitative estimate of drug-likeness (QED) is 0.761. The Morgan fingerprint density at radius 2 is 2.29 bits per heavy atom. The van der Waals surface area contributed by atoms with E-state index in [1.54, 1.807) is 0 Å². The molecular weight excluding hydrogens is 210 g/mol. The molecule has 1 N–H and O–H groups in total. The van der Waals surface area contributed by atoms with Gasteiger partial charge in [-0.15, -0.1) is 0 Å². The molecule has 0 radical (unpaired) electrons. The molecule has 3 heteroatoms. The Labute approximate surface area is 102 Å². The van der Waals surface area contributed by atoms with E-state index in [0.717, 1.165) is 12.8 Å². The Balaban J connectivity index is 2.08. The molecule has 0 unspecified atom stereocenters. The van der Waals surface area contributed by atoms with Crippen LogP contribution in [0.1, 0.15) is 24.1 Å². The van der Waals surface area contributed by atoms with Crippen LogP contribution in [0.4, 0.5) is 0 Å². The second-order valence-corrected chi connectivity index (χ2v) is 5.20. The van der Waals surface area contributed by atoms with Crippen LogP contribution in [0.3, 0.4) is 0 Å². The van der Waals surface area contributed by atoms with Gasteiger partial charge < -0.3 is 9.88 Å². The molecule has 1 aliphatic carbocycles. The predicted octanol–water partition coefficient (Wildman–Crippen LogP) is 2.37. The first-order valence-corrected chi connectivity index (χ1v) is 6.36. The summed E-state index contributed by atoms with van der Waals surface area (Å²) >= 11 is 0. The van der Waals surface area contributed by atoms with Crippen LogP contribution in [0.2, 0.25) is 0 Å². The van der Waals surface area contributed by atoms with Gasteiger partial charge in [0.2, 0.25) is 0 Å². The van der Waals surface area contributed by atoms with E-state index in [1.165, 1.54) is 35.1 Å². The second-order valence-electron chi connectivity index (χ2n) is 5.20. The Kier molecular flexibility index (Phi) is 2.63. The number of hydrogen-bond donors (Lipinski definition) is 1. The zero-order valence-corrected chi connectivity index (χ0v) is 10.5. The Morgan fingerprint density at radius 1 is 1.41 bits per heavy atom. The van der Waals surface area contributed by atoms with E-state index < -0.39 is 0 Å². The number of pyridine rings is 1. The van der Waals surface area contributed by atoms with E-state index in [-0.39, 0.29) is 0 Å². The Bertz CT molecular complexity index is 527. The normalized spacial score (nSPS) is 20.5. The van der Waals surface area contributed by atoms with E-state index in [0.29, 0.717) is 6.04 Å². The molecule has 0 spiro atoms. The van der Waals surface area contributed by atoms with Crippen molar-refractivity contribution in [1.82, 2.24) is 14.9 Å². The van der Waals surface area contributed by atoms with Crippen molar-refractivity contribution in [2.24, 2.45) is 0 Å². The molecule has 0 aliphatic heterocycles. The van der Waals surface area contributed by atoms with Crippen molar-refractivity contribution < 1.29 is 0 Å². The maximum absolute atomic E-state index is 4.54. The molecule has 2 aromatic heterocycles. The van der Waals surface area contributed by atoms with Gasteiger partial charge in [-0.05, 0) is 51.9 Å². The first-order valence-electron chi connectivity index (χ1n) is 6.36. The van der Waals surface area contributed by atoms with Crippen molar-refractivity contribution >= 4 is 11.0 Å². The number of aryl methyl sites for hydroxylation is 1. The lowest BCUT2D eigenvalue weighted by Crippen LogP contribution is -2.29. The SMILES string of the molecule is CN(C)[C@H]1CCCc2[nH]c3cccnc3c2C1. The Hall–Kier alpha value is -1.35. The van der Waals surface area contributed by atoms with Gasteiger partial charge >= 0.3 is 0 Å². The minimum absolute atomic E-state index is 0.650. The fourth-order valence-corrected chi connectivity index (χ4v) is 2.85. The highest BCUT2D eigenvalue weighted by Crippen LogP contribution is 2.28. The first kappa shape index (κ1) is 10.8. The molecule has 17 heavy (non-hydrogen) atoms. The summed E-state index contributed by atoms with van der Waals surface area (Å²) < 4.78 is 0. The third-order valence-electron chi connectivity index (χ3n) is 3.88. The molecule has 2 heterocycles.